The van der Waals surface area contributed by atoms with Crippen molar-refractivity contribution >= 4 is 23.6 Å². The van der Waals surface area contributed by atoms with E-state index < -0.39 is 11.6 Å². The zero-order valence-electron chi connectivity index (χ0n) is 14.3. The second kappa shape index (κ2) is 7.55. The molecule has 3 heterocycles. The standard InChI is InChI=1S/C21H16F2N2O2/c22-19-6-5-16(11-20(19)23)25-21-14(9-17-3-1-7-26-17)12-24-13-15(21)10-18-4-2-8-27-18/h1-11,24H,12-13H2/b14-9+,15-10+. The Morgan fingerprint density at radius 3 is 2.00 bits per heavy atom. The summed E-state index contributed by atoms with van der Waals surface area (Å²) in [5.74, 6) is -0.464. The van der Waals surface area contributed by atoms with Crippen molar-refractivity contribution in [2.24, 2.45) is 4.99 Å². The van der Waals surface area contributed by atoms with Crippen LogP contribution in [0.2, 0.25) is 0 Å². The first-order valence-electron chi connectivity index (χ1n) is 8.42. The highest BCUT2D eigenvalue weighted by molar-refractivity contribution is 6.18. The monoisotopic (exact) mass is 366 g/mol. The lowest BCUT2D eigenvalue weighted by Crippen LogP contribution is -2.33. The summed E-state index contributed by atoms with van der Waals surface area (Å²) in [6, 6.07) is 10.9. The number of hydrogen-bond donors (Lipinski definition) is 1. The Morgan fingerprint density at radius 1 is 0.852 bits per heavy atom. The second-order valence-electron chi connectivity index (χ2n) is 6.03. The van der Waals surface area contributed by atoms with Gasteiger partial charge in [0.25, 0.3) is 0 Å². The van der Waals surface area contributed by atoms with Crippen LogP contribution in [0.3, 0.4) is 0 Å². The van der Waals surface area contributed by atoms with Crippen LogP contribution in [0.15, 0.2) is 80.0 Å². The maximum atomic E-state index is 13.6. The summed E-state index contributed by atoms with van der Waals surface area (Å²) in [7, 11) is 0. The minimum absolute atomic E-state index is 0.335. The van der Waals surface area contributed by atoms with E-state index >= 15 is 0 Å². The van der Waals surface area contributed by atoms with Crippen molar-refractivity contribution in [3.8, 4) is 0 Å². The lowest BCUT2D eigenvalue weighted by molar-refractivity contribution is 0.509. The molecule has 136 valence electrons. The average molecular weight is 366 g/mol. The predicted octanol–water partition coefficient (Wildman–Crippen LogP) is 4.99. The highest BCUT2D eigenvalue weighted by atomic mass is 19.2. The van der Waals surface area contributed by atoms with Crippen molar-refractivity contribution in [3.05, 3.63) is 89.3 Å². The molecule has 27 heavy (non-hydrogen) atoms. The summed E-state index contributed by atoms with van der Waals surface area (Å²) in [5.41, 5.74) is 2.76. The first-order chi connectivity index (χ1) is 13.2. The van der Waals surface area contributed by atoms with Gasteiger partial charge in [0.1, 0.15) is 11.5 Å². The number of aliphatic imine (C=N–C) groups is 1. The van der Waals surface area contributed by atoms with Crippen molar-refractivity contribution in [2.45, 2.75) is 0 Å². The van der Waals surface area contributed by atoms with Crippen LogP contribution in [-0.4, -0.2) is 18.8 Å². The molecule has 1 saturated heterocycles. The van der Waals surface area contributed by atoms with Gasteiger partial charge in [0.05, 0.1) is 23.9 Å². The van der Waals surface area contributed by atoms with Crippen LogP contribution in [0, 0.1) is 11.6 Å². The minimum Gasteiger partial charge on any atom is -0.465 e. The quantitative estimate of drug-likeness (QED) is 0.710. The number of halogens is 2. The Labute approximate surface area is 154 Å². The third-order valence-electron chi connectivity index (χ3n) is 4.10. The number of rotatable bonds is 3. The molecule has 2 aromatic heterocycles. The molecule has 0 amide bonds. The van der Waals surface area contributed by atoms with Crippen molar-refractivity contribution in [1.29, 1.82) is 0 Å². The highest BCUT2D eigenvalue weighted by Gasteiger charge is 2.20. The molecule has 1 N–H and O–H groups in total. The van der Waals surface area contributed by atoms with E-state index in [1.165, 1.54) is 6.07 Å². The number of nitrogens with zero attached hydrogens (tertiary/aromatic N) is 1. The van der Waals surface area contributed by atoms with Crippen LogP contribution in [0.1, 0.15) is 11.5 Å². The fraction of sp³-hybridized carbons (Fsp3) is 0.0952. The third kappa shape index (κ3) is 3.96. The van der Waals surface area contributed by atoms with Gasteiger partial charge in [0.2, 0.25) is 0 Å². The molecule has 0 saturated carbocycles. The van der Waals surface area contributed by atoms with Crippen LogP contribution in [0.5, 0.6) is 0 Å². The average Bonchev–Trinajstić information content (AvgIpc) is 3.35. The van der Waals surface area contributed by atoms with E-state index in [-0.39, 0.29) is 0 Å². The molecular weight excluding hydrogens is 350 g/mol. The topological polar surface area (TPSA) is 50.7 Å². The van der Waals surface area contributed by atoms with Crippen molar-refractivity contribution in [2.75, 3.05) is 13.1 Å². The summed E-state index contributed by atoms with van der Waals surface area (Å²) in [5, 5.41) is 3.31. The van der Waals surface area contributed by atoms with E-state index in [2.05, 4.69) is 10.3 Å². The van der Waals surface area contributed by atoms with Crippen LogP contribution in [0.25, 0.3) is 12.2 Å². The van der Waals surface area contributed by atoms with E-state index in [9.17, 15) is 8.78 Å². The molecule has 0 aliphatic carbocycles. The van der Waals surface area contributed by atoms with Crippen LogP contribution in [0.4, 0.5) is 14.5 Å². The number of hydrogen-bond acceptors (Lipinski definition) is 4. The van der Waals surface area contributed by atoms with Gasteiger partial charge < -0.3 is 14.2 Å². The normalized spacial score (nSPS) is 17.6. The third-order valence-corrected chi connectivity index (χ3v) is 4.10. The van der Waals surface area contributed by atoms with Gasteiger partial charge >= 0.3 is 0 Å². The van der Waals surface area contributed by atoms with Gasteiger partial charge in [-0.1, -0.05) is 0 Å². The zero-order chi connectivity index (χ0) is 18.6. The molecule has 0 bridgehead atoms. The second-order valence-corrected chi connectivity index (χ2v) is 6.03. The molecule has 1 aliphatic heterocycles. The maximum absolute atomic E-state index is 13.6. The summed E-state index contributed by atoms with van der Waals surface area (Å²) in [6.07, 6.45) is 6.94. The van der Waals surface area contributed by atoms with E-state index in [1.54, 1.807) is 24.7 Å². The number of piperidine rings is 1. The van der Waals surface area contributed by atoms with Gasteiger partial charge in [0, 0.05) is 19.2 Å². The van der Waals surface area contributed by atoms with Crippen molar-refractivity contribution in [1.82, 2.24) is 5.32 Å². The van der Waals surface area contributed by atoms with E-state index in [0.29, 0.717) is 36.0 Å². The van der Waals surface area contributed by atoms with Gasteiger partial charge in [-0.15, -0.1) is 0 Å². The lowest BCUT2D eigenvalue weighted by atomic mass is 9.96. The van der Waals surface area contributed by atoms with Crippen LogP contribution in [-0.2, 0) is 0 Å². The smallest absolute Gasteiger partial charge is 0.160 e. The first-order valence-corrected chi connectivity index (χ1v) is 8.42. The van der Waals surface area contributed by atoms with Gasteiger partial charge in [-0.3, -0.25) is 0 Å². The Kier molecular flexibility index (Phi) is 4.80. The Bertz CT molecular complexity index is 962. The lowest BCUT2D eigenvalue weighted by Gasteiger charge is -2.21. The molecule has 6 heteroatoms. The Balaban J connectivity index is 1.81. The molecule has 1 aliphatic rings. The summed E-state index contributed by atoms with van der Waals surface area (Å²) >= 11 is 0. The van der Waals surface area contributed by atoms with E-state index in [1.807, 2.05) is 24.3 Å². The Morgan fingerprint density at radius 2 is 1.48 bits per heavy atom. The van der Waals surface area contributed by atoms with Gasteiger partial charge in [-0.2, -0.15) is 0 Å². The summed E-state index contributed by atoms with van der Waals surface area (Å²) in [4.78, 5) is 4.59. The predicted molar refractivity (Wildman–Crippen MR) is 99.7 cm³/mol. The van der Waals surface area contributed by atoms with Crippen LogP contribution < -0.4 is 5.32 Å². The number of furan rings is 2. The summed E-state index contributed by atoms with van der Waals surface area (Å²) in [6.45, 7) is 1.14. The molecule has 1 fully saturated rings. The largest absolute Gasteiger partial charge is 0.465 e. The number of benzene rings is 1. The van der Waals surface area contributed by atoms with Gasteiger partial charge in [0.15, 0.2) is 11.6 Å². The Hall–Kier alpha value is -3.25. The molecule has 4 rings (SSSR count). The maximum Gasteiger partial charge on any atom is 0.160 e. The SMILES string of the molecule is Fc1ccc(N=C2/C(=C/c3ccco3)CNC/C2=C\c2ccco2)cc1F. The molecule has 0 spiro atoms. The molecule has 0 unspecified atom stereocenters. The molecule has 0 atom stereocenters. The molecule has 0 radical (unpaired) electrons. The van der Waals surface area contributed by atoms with E-state index in [0.717, 1.165) is 23.3 Å². The fourth-order valence-corrected chi connectivity index (χ4v) is 2.86. The molecular formula is C21H16F2N2O2. The summed E-state index contributed by atoms with van der Waals surface area (Å²) < 4.78 is 37.7. The number of nitrogens with one attached hydrogen (secondary N) is 1. The van der Waals surface area contributed by atoms with Crippen molar-refractivity contribution in [3.63, 3.8) is 0 Å². The first kappa shape index (κ1) is 17.2. The molecule has 3 aromatic rings. The fourth-order valence-electron chi connectivity index (χ4n) is 2.86. The van der Waals surface area contributed by atoms with Crippen LogP contribution >= 0.6 is 0 Å². The van der Waals surface area contributed by atoms with Gasteiger partial charge in [-0.25, -0.2) is 13.8 Å². The van der Waals surface area contributed by atoms with Crippen molar-refractivity contribution < 1.29 is 17.6 Å². The zero-order valence-corrected chi connectivity index (χ0v) is 14.3. The molecule has 1 aromatic carbocycles. The molecule has 4 nitrogen and oxygen atoms in total. The van der Waals surface area contributed by atoms with Gasteiger partial charge in [-0.05, 0) is 59.7 Å². The van der Waals surface area contributed by atoms with E-state index in [4.69, 9.17) is 8.83 Å². The minimum atomic E-state index is -0.932. The highest BCUT2D eigenvalue weighted by Crippen LogP contribution is 2.24.